The second-order valence-corrected chi connectivity index (χ2v) is 7.80. The third kappa shape index (κ3) is 3.67. The highest BCUT2D eigenvalue weighted by atomic mass is 35.5. The van der Waals surface area contributed by atoms with Crippen molar-refractivity contribution in [2.75, 3.05) is 6.54 Å². The first-order valence-corrected chi connectivity index (χ1v) is 8.76. The third-order valence-electron chi connectivity index (χ3n) is 4.11. The SMILES string of the molecule is CC(C)(C)NC(=O)c1c(-c2cccc(Cl)c2)nn2c1CN(C(N)=O)CC2. The van der Waals surface area contributed by atoms with Crippen LogP contribution in [0.3, 0.4) is 0 Å². The Kier molecular flexibility index (Phi) is 4.66. The molecule has 3 N–H and O–H groups in total. The number of amides is 3. The summed E-state index contributed by atoms with van der Waals surface area (Å²) in [5.41, 5.74) is 7.45. The predicted octanol–water partition coefficient (Wildman–Crippen LogP) is 2.63. The van der Waals surface area contributed by atoms with Gasteiger partial charge in [-0.3, -0.25) is 9.48 Å². The molecule has 1 aliphatic rings. The van der Waals surface area contributed by atoms with E-state index in [1.807, 2.05) is 32.9 Å². The fraction of sp³-hybridized carbons (Fsp3) is 0.389. The third-order valence-corrected chi connectivity index (χ3v) is 4.34. The average molecular weight is 376 g/mol. The Hall–Kier alpha value is -2.54. The molecule has 2 aromatic rings. The first-order chi connectivity index (χ1) is 12.2. The van der Waals surface area contributed by atoms with Crippen molar-refractivity contribution in [2.24, 2.45) is 5.73 Å². The van der Waals surface area contributed by atoms with Gasteiger partial charge >= 0.3 is 6.03 Å². The lowest BCUT2D eigenvalue weighted by Gasteiger charge is -2.27. The molecule has 138 valence electrons. The van der Waals surface area contributed by atoms with Gasteiger partial charge in [0.25, 0.3) is 5.91 Å². The molecular weight excluding hydrogens is 354 g/mol. The van der Waals surface area contributed by atoms with E-state index in [1.54, 1.807) is 16.8 Å². The number of urea groups is 1. The molecule has 0 bridgehead atoms. The molecule has 0 fully saturated rings. The summed E-state index contributed by atoms with van der Waals surface area (Å²) in [6.07, 6.45) is 0. The summed E-state index contributed by atoms with van der Waals surface area (Å²) in [6.45, 7) is 6.92. The van der Waals surface area contributed by atoms with Gasteiger partial charge in [-0.1, -0.05) is 23.7 Å². The Labute approximate surface area is 157 Å². The molecule has 0 saturated carbocycles. The van der Waals surface area contributed by atoms with Crippen molar-refractivity contribution >= 4 is 23.5 Å². The minimum atomic E-state index is -0.510. The molecule has 1 aromatic heterocycles. The number of aromatic nitrogens is 2. The number of primary amides is 1. The van der Waals surface area contributed by atoms with Gasteiger partial charge in [0.1, 0.15) is 5.69 Å². The highest BCUT2D eigenvalue weighted by molar-refractivity contribution is 6.30. The van der Waals surface area contributed by atoms with Gasteiger partial charge in [0, 0.05) is 22.7 Å². The normalized spacial score (nSPS) is 14.1. The van der Waals surface area contributed by atoms with Crippen LogP contribution in [0.5, 0.6) is 0 Å². The summed E-state index contributed by atoms with van der Waals surface area (Å²) in [7, 11) is 0. The van der Waals surface area contributed by atoms with Crippen LogP contribution in [0, 0.1) is 0 Å². The van der Waals surface area contributed by atoms with Crippen LogP contribution in [-0.4, -0.2) is 38.7 Å². The maximum Gasteiger partial charge on any atom is 0.315 e. The number of hydrogen-bond donors (Lipinski definition) is 2. The molecule has 0 spiro atoms. The zero-order chi connectivity index (χ0) is 19.1. The van der Waals surface area contributed by atoms with Crippen molar-refractivity contribution in [1.82, 2.24) is 20.0 Å². The number of benzene rings is 1. The van der Waals surface area contributed by atoms with E-state index in [1.165, 1.54) is 4.90 Å². The number of nitrogens with one attached hydrogen (secondary N) is 1. The lowest BCUT2D eigenvalue weighted by Crippen LogP contribution is -2.44. The van der Waals surface area contributed by atoms with E-state index < -0.39 is 11.6 Å². The fourth-order valence-electron chi connectivity index (χ4n) is 2.99. The molecule has 3 amide bonds. The monoisotopic (exact) mass is 375 g/mol. The lowest BCUT2D eigenvalue weighted by atomic mass is 10.0. The van der Waals surface area contributed by atoms with Gasteiger partial charge < -0.3 is 16.0 Å². The Morgan fingerprint density at radius 2 is 2.00 bits per heavy atom. The first kappa shape index (κ1) is 18.3. The van der Waals surface area contributed by atoms with Crippen molar-refractivity contribution in [3.05, 3.63) is 40.5 Å². The predicted molar refractivity (Wildman–Crippen MR) is 99.9 cm³/mol. The molecule has 0 saturated heterocycles. The molecule has 2 heterocycles. The quantitative estimate of drug-likeness (QED) is 0.844. The maximum atomic E-state index is 13.0. The van der Waals surface area contributed by atoms with E-state index in [4.69, 9.17) is 17.3 Å². The molecule has 0 unspecified atom stereocenters. The molecule has 8 heteroatoms. The van der Waals surface area contributed by atoms with E-state index in [0.29, 0.717) is 35.1 Å². The minimum absolute atomic E-state index is 0.236. The van der Waals surface area contributed by atoms with Crippen LogP contribution in [0.2, 0.25) is 5.02 Å². The number of carbonyl (C=O) groups is 2. The summed E-state index contributed by atoms with van der Waals surface area (Å²) in [5, 5.41) is 8.17. The Morgan fingerprint density at radius 3 is 2.62 bits per heavy atom. The molecule has 7 nitrogen and oxygen atoms in total. The van der Waals surface area contributed by atoms with Crippen molar-refractivity contribution in [1.29, 1.82) is 0 Å². The number of hydrogen-bond acceptors (Lipinski definition) is 3. The van der Waals surface area contributed by atoms with Crippen molar-refractivity contribution < 1.29 is 9.59 Å². The van der Waals surface area contributed by atoms with Crippen LogP contribution in [0.15, 0.2) is 24.3 Å². The minimum Gasteiger partial charge on any atom is -0.351 e. The zero-order valence-electron chi connectivity index (χ0n) is 15.0. The van der Waals surface area contributed by atoms with E-state index >= 15 is 0 Å². The first-order valence-electron chi connectivity index (χ1n) is 8.38. The van der Waals surface area contributed by atoms with Gasteiger partial charge in [-0.05, 0) is 32.9 Å². The van der Waals surface area contributed by atoms with Crippen LogP contribution in [0.25, 0.3) is 11.3 Å². The van der Waals surface area contributed by atoms with E-state index in [9.17, 15) is 9.59 Å². The van der Waals surface area contributed by atoms with Gasteiger partial charge in [-0.15, -0.1) is 0 Å². The summed E-state index contributed by atoms with van der Waals surface area (Å²) < 4.78 is 1.77. The van der Waals surface area contributed by atoms with Gasteiger partial charge in [0.15, 0.2) is 0 Å². The molecule has 1 aliphatic heterocycles. The number of fused-ring (bicyclic) bond motifs is 1. The van der Waals surface area contributed by atoms with E-state index in [0.717, 1.165) is 5.56 Å². The van der Waals surface area contributed by atoms with Gasteiger partial charge in [-0.2, -0.15) is 5.10 Å². The van der Waals surface area contributed by atoms with Crippen LogP contribution in [0.1, 0.15) is 36.8 Å². The fourth-order valence-corrected chi connectivity index (χ4v) is 3.18. The topological polar surface area (TPSA) is 93.2 Å². The van der Waals surface area contributed by atoms with Crippen molar-refractivity contribution in [3.63, 3.8) is 0 Å². The Balaban J connectivity index is 2.13. The number of halogens is 1. The largest absolute Gasteiger partial charge is 0.351 e. The maximum absolute atomic E-state index is 13.0. The van der Waals surface area contributed by atoms with Crippen molar-refractivity contribution in [2.45, 2.75) is 39.4 Å². The molecule has 1 aromatic carbocycles. The zero-order valence-corrected chi connectivity index (χ0v) is 15.8. The van der Waals surface area contributed by atoms with E-state index in [-0.39, 0.29) is 12.5 Å². The molecule has 0 radical (unpaired) electrons. The molecule has 0 atom stereocenters. The van der Waals surface area contributed by atoms with Crippen LogP contribution >= 0.6 is 11.6 Å². The summed E-state index contributed by atoms with van der Waals surface area (Å²) in [4.78, 5) is 26.1. The highest BCUT2D eigenvalue weighted by Gasteiger charge is 2.31. The molecular formula is C18H22ClN5O2. The van der Waals surface area contributed by atoms with Crippen LogP contribution in [-0.2, 0) is 13.1 Å². The molecule has 26 heavy (non-hydrogen) atoms. The van der Waals surface area contributed by atoms with Gasteiger partial charge in [-0.25, -0.2) is 4.79 Å². The highest BCUT2D eigenvalue weighted by Crippen LogP contribution is 2.30. The van der Waals surface area contributed by atoms with Crippen LogP contribution in [0.4, 0.5) is 4.79 Å². The average Bonchev–Trinajstić information content (AvgIpc) is 2.91. The molecule has 3 rings (SSSR count). The number of nitrogens with zero attached hydrogens (tertiary/aromatic N) is 3. The summed E-state index contributed by atoms with van der Waals surface area (Å²) >= 11 is 6.12. The Morgan fingerprint density at radius 1 is 1.27 bits per heavy atom. The Bertz CT molecular complexity index is 869. The number of rotatable bonds is 2. The van der Waals surface area contributed by atoms with Gasteiger partial charge in [0.05, 0.1) is 24.3 Å². The summed E-state index contributed by atoms with van der Waals surface area (Å²) in [6, 6.07) is 6.71. The van der Waals surface area contributed by atoms with Gasteiger partial charge in [0.2, 0.25) is 0 Å². The molecule has 0 aliphatic carbocycles. The van der Waals surface area contributed by atoms with Crippen LogP contribution < -0.4 is 11.1 Å². The smallest absolute Gasteiger partial charge is 0.315 e. The second-order valence-electron chi connectivity index (χ2n) is 7.37. The van der Waals surface area contributed by atoms with E-state index in [2.05, 4.69) is 10.4 Å². The van der Waals surface area contributed by atoms with Crippen molar-refractivity contribution in [3.8, 4) is 11.3 Å². The second kappa shape index (κ2) is 6.64. The lowest BCUT2D eigenvalue weighted by molar-refractivity contribution is 0.0916. The number of carbonyl (C=O) groups excluding carboxylic acids is 2. The summed E-state index contributed by atoms with van der Waals surface area (Å²) in [5.74, 6) is -0.236. The number of nitrogens with two attached hydrogens (primary N) is 1. The standard InChI is InChI=1S/C18H22ClN5O2/c1-18(2,3)21-16(25)14-13-10-23(17(20)26)7-8-24(13)22-15(14)11-5-4-6-12(19)9-11/h4-6,9H,7-8,10H2,1-3H3,(H2,20,26)(H,21,25).